The van der Waals surface area contributed by atoms with Gasteiger partial charge in [0, 0.05) is 19.7 Å². The monoisotopic (exact) mass is 247 g/mol. The van der Waals surface area contributed by atoms with E-state index in [9.17, 15) is 5.11 Å². The third kappa shape index (κ3) is 2.80. The minimum atomic E-state index is -0.401. The number of aliphatic hydroxyl groups is 1. The molecule has 0 aliphatic carbocycles. The van der Waals surface area contributed by atoms with E-state index in [0.29, 0.717) is 6.61 Å². The third-order valence-electron chi connectivity index (χ3n) is 3.58. The van der Waals surface area contributed by atoms with Crippen molar-refractivity contribution in [3.8, 4) is 0 Å². The first-order chi connectivity index (χ1) is 8.74. The molecule has 3 nitrogen and oxygen atoms in total. The average Bonchev–Trinajstić information content (AvgIpc) is 2.41. The van der Waals surface area contributed by atoms with E-state index in [1.807, 2.05) is 30.4 Å². The predicted octanol–water partition coefficient (Wildman–Crippen LogP) is 2.00. The Morgan fingerprint density at radius 1 is 1.39 bits per heavy atom. The van der Waals surface area contributed by atoms with Gasteiger partial charge >= 0.3 is 0 Å². The fourth-order valence-electron chi connectivity index (χ4n) is 2.47. The fourth-order valence-corrected chi connectivity index (χ4v) is 2.47. The Bertz CT molecular complexity index is 391. The summed E-state index contributed by atoms with van der Waals surface area (Å²) in [5.41, 5.74) is 1.23. The highest BCUT2D eigenvalue weighted by Gasteiger charge is 2.29. The molecule has 0 radical (unpaired) electrons. The van der Waals surface area contributed by atoms with E-state index in [2.05, 4.69) is 24.0 Å². The Kier molecular flexibility index (Phi) is 4.53. The van der Waals surface area contributed by atoms with Gasteiger partial charge in [0.05, 0.1) is 18.8 Å². The van der Waals surface area contributed by atoms with E-state index in [4.69, 9.17) is 4.74 Å². The molecule has 1 aliphatic heterocycles. The SMILES string of the molecule is COC[C@@H](c1ccccc1)N1CC=C[C@H](O)[C@@H]1C. The van der Waals surface area contributed by atoms with Gasteiger partial charge in [-0.15, -0.1) is 0 Å². The van der Waals surface area contributed by atoms with Gasteiger partial charge in [0.25, 0.3) is 0 Å². The molecule has 1 heterocycles. The third-order valence-corrected chi connectivity index (χ3v) is 3.58. The van der Waals surface area contributed by atoms with Crippen LogP contribution in [0.15, 0.2) is 42.5 Å². The molecule has 3 atom stereocenters. The van der Waals surface area contributed by atoms with Crippen LogP contribution in [0.5, 0.6) is 0 Å². The first-order valence-corrected chi connectivity index (χ1v) is 6.38. The van der Waals surface area contributed by atoms with Crippen LogP contribution in [-0.4, -0.2) is 42.4 Å². The molecule has 0 unspecified atom stereocenters. The number of hydrogen-bond donors (Lipinski definition) is 1. The van der Waals surface area contributed by atoms with Gasteiger partial charge in [-0.05, 0) is 12.5 Å². The molecule has 0 amide bonds. The predicted molar refractivity (Wildman–Crippen MR) is 72.4 cm³/mol. The maximum atomic E-state index is 9.94. The maximum Gasteiger partial charge on any atom is 0.0874 e. The maximum absolute atomic E-state index is 9.94. The van der Waals surface area contributed by atoms with Gasteiger partial charge in [0.1, 0.15) is 0 Å². The van der Waals surface area contributed by atoms with E-state index in [-0.39, 0.29) is 12.1 Å². The van der Waals surface area contributed by atoms with Crippen molar-refractivity contribution >= 4 is 0 Å². The van der Waals surface area contributed by atoms with Crippen LogP contribution in [0.3, 0.4) is 0 Å². The molecule has 18 heavy (non-hydrogen) atoms. The largest absolute Gasteiger partial charge is 0.387 e. The molecule has 0 fully saturated rings. The molecule has 2 rings (SSSR count). The first-order valence-electron chi connectivity index (χ1n) is 6.38. The number of nitrogens with zero attached hydrogens (tertiary/aromatic N) is 1. The second kappa shape index (κ2) is 6.14. The second-order valence-corrected chi connectivity index (χ2v) is 4.74. The molecule has 1 aromatic carbocycles. The lowest BCUT2D eigenvalue weighted by Crippen LogP contribution is -2.46. The summed E-state index contributed by atoms with van der Waals surface area (Å²) in [5, 5.41) is 9.94. The lowest BCUT2D eigenvalue weighted by Gasteiger charge is -2.39. The minimum Gasteiger partial charge on any atom is -0.387 e. The summed E-state index contributed by atoms with van der Waals surface area (Å²) in [6.45, 7) is 3.54. The molecular weight excluding hydrogens is 226 g/mol. The molecule has 0 saturated heterocycles. The zero-order valence-electron chi connectivity index (χ0n) is 11.0. The van der Waals surface area contributed by atoms with Crippen molar-refractivity contribution < 1.29 is 9.84 Å². The van der Waals surface area contributed by atoms with Crippen molar-refractivity contribution in [1.29, 1.82) is 0 Å². The Morgan fingerprint density at radius 3 is 2.78 bits per heavy atom. The zero-order valence-corrected chi connectivity index (χ0v) is 11.0. The molecule has 0 bridgehead atoms. The van der Waals surface area contributed by atoms with E-state index in [1.165, 1.54) is 5.56 Å². The summed E-state index contributed by atoms with van der Waals surface area (Å²) in [7, 11) is 1.72. The van der Waals surface area contributed by atoms with E-state index >= 15 is 0 Å². The van der Waals surface area contributed by atoms with Crippen molar-refractivity contribution in [2.75, 3.05) is 20.3 Å². The van der Waals surface area contributed by atoms with Crippen molar-refractivity contribution in [2.45, 2.75) is 25.1 Å². The van der Waals surface area contributed by atoms with Gasteiger partial charge in [-0.2, -0.15) is 0 Å². The smallest absolute Gasteiger partial charge is 0.0874 e. The quantitative estimate of drug-likeness (QED) is 0.826. The topological polar surface area (TPSA) is 32.7 Å². The van der Waals surface area contributed by atoms with Gasteiger partial charge in [0.2, 0.25) is 0 Å². The Balaban J connectivity index is 2.23. The van der Waals surface area contributed by atoms with Crippen molar-refractivity contribution in [3.05, 3.63) is 48.0 Å². The van der Waals surface area contributed by atoms with E-state index < -0.39 is 6.10 Å². The van der Waals surface area contributed by atoms with E-state index in [0.717, 1.165) is 6.54 Å². The van der Waals surface area contributed by atoms with Crippen LogP contribution in [0, 0.1) is 0 Å². The number of ether oxygens (including phenoxy) is 1. The van der Waals surface area contributed by atoms with Crippen LogP contribution >= 0.6 is 0 Å². The van der Waals surface area contributed by atoms with Gasteiger partial charge in [-0.1, -0.05) is 42.5 Å². The summed E-state index contributed by atoms with van der Waals surface area (Å²) in [6, 6.07) is 10.6. The zero-order chi connectivity index (χ0) is 13.0. The average molecular weight is 247 g/mol. The van der Waals surface area contributed by atoms with Gasteiger partial charge < -0.3 is 9.84 Å². The highest BCUT2D eigenvalue weighted by Crippen LogP contribution is 2.26. The molecule has 1 aromatic rings. The minimum absolute atomic E-state index is 0.107. The Labute approximate surface area is 109 Å². The number of rotatable bonds is 4. The summed E-state index contributed by atoms with van der Waals surface area (Å²) in [5.74, 6) is 0. The van der Waals surface area contributed by atoms with Gasteiger partial charge in [0.15, 0.2) is 0 Å². The Morgan fingerprint density at radius 2 is 2.11 bits per heavy atom. The summed E-state index contributed by atoms with van der Waals surface area (Å²) >= 11 is 0. The van der Waals surface area contributed by atoms with Crippen molar-refractivity contribution in [2.24, 2.45) is 0 Å². The molecule has 98 valence electrons. The van der Waals surface area contributed by atoms with Crippen LogP contribution < -0.4 is 0 Å². The highest BCUT2D eigenvalue weighted by molar-refractivity contribution is 5.20. The van der Waals surface area contributed by atoms with Crippen LogP contribution in [0.1, 0.15) is 18.5 Å². The molecule has 1 N–H and O–H groups in total. The second-order valence-electron chi connectivity index (χ2n) is 4.74. The van der Waals surface area contributed by atoms with Gasteiger partial charge in [-0.25, -0.2) is 0 Å². The lowest BCUT2D eigenvalue weighted by atomic mass is 9.99. The van der Waals surface area contributed by atoms with Crippen LogP contribution in [0.2, 0.25) is 0 Å². The number of hydrogen-bond acceptors (Lipinski definition) is 3. The fraction of sp³-hybridized carbons (Fsp3) is 0.467. The molecule has 0 saturated carbocycles. The first kappa shape index (κ1) is 13.3. The normalized spacial score (nSPS) is 26.2. The number of aliphatic hydroxyl groups excluding tert-OH is 1. The number of benzene rings is 1. The molecule has 1 aliphatic rings. The van der Waals surface area contributed by atoms with Crippen LogP contribution in [0.25, 0.3) is 0 Å². The van der Waals surface area contributed by atoms with Crippen molar-refractivity contribution in [3.63, 3.8) is 0 Å². The van der Waals surface area contributed by atoms with E-state index in [1.54, 1.807) is 7.11 Å². The highest BCUT2D eigenvalue weighted by atomic mass is 16.5. The molecule has 3 heteroatoms. The molecule has 0 aromatic heterocycles. The summed E-state index contributed by atoms with van der Waals surface area (Å²) < 4.78 is 5.35. The molecule has 0 spiro atoms. The lowest BCUT2D eigenvalue weighted by molar-refractivity contribution is 0.0229. The summed E-state index contributed by atoms with van der Waals surface area (Å²) in [4.78, 5) is 2.28. The van der Waals surface area contributed by atoms with Crippen LogP contribution in [0.4, 0.5) is 0 Å². The van der Waals surface area contributed by atoms with Crippen molar-refractivity contribution in [1.82, 2.24) is 4.90 Å². The Hall–Kier alpha value is -1.16. The number of methoxy groups -OCH3 is 1. The van der Waals surface area contributed by atoms with Crippen LogP contribution in [-0.2, 0) is 4.74 Å². The molecular formula is C15H21NO2. The standard InChI is InChI=1S/C15H21NO2/c1-12-15(17)9-6-10-16(12)14(11-18-2)13-7-4-3-5-8-13/h3-9,12,14-15,17H,10-11H2,1-2H3/t12-,14-,15-/m0/s1. The summed E-state index contributed by atoms with van der Waals surface area (Å²) in [6.07, 6.45) is 3.49. The van der Waals surface area contributed by atoms with Gasteiger partial charge in [-0.3, -0.25) is 4.90 Å².